The van der Waals surface area contributed by atoms with E-state index >= 15 is 0 Å². The molecule has 0 spiro atoms. The Labute approximate surface area is 109 Å². The largest absolute Gasteiger partial charge is 0.346 e. The topological polar surface area (TPSA) is 6.48 Å². The molecule has 100 valence electrons. The van der Waals surface area contributed by atoms with Crippen molar-refractivity contribution in [3.05, 3.63) is 0 Å². The summed E-state index contributed by atoms with van der Waals surface area (Å²) >= 11 is 0. The molecule has 0 aromatic rings. The number of piperazine rings is 1. The first-order valence-corrected chi connectivity index (χ1v) is 7.50. The number of rotatable bonds is 7. The lowest BCUT2D eigenvalue weighted by molar-refractivity contribution is 0.109. The molecule has 1 heterocycles. The fraction of sp³-hybridized carbons (Fsp3) is 1.00. The van der Waals surface area contributed by atoms with Gasteiger partial charge in [0.1, 0.15) is 0 Å². The molecule has 1 rings (SSSR count). The molecule has 0 aromatic heterocycles. The van der Waals surface area contributed by atoms with Crippen LogP contribution in [-0.2, 0) is 0 Å². The van der Waals surface area contributed by atoms with Crippen molar-refractivity contribution in [2.75, 3.05) is 32.7 Å². The van der Waals surface area contributed by atoms with Crippen LogP contribution in [0.5, 0.6) is 0 Å². The highest BCUT2D eigenvalue weighted by atomic mass is 15.2. The average Bonchev–Trinajstić information content (AvgIpc) is 2.30. The number of unbranched alkanes of at least 4 members (excludes halogenated alkanes) is 1. The first-order valence-electron chi connectivity index (χ1n) is 7.50. The van der Waals surface area contributed by atoms with Gasteiger partial charge in [0.25, 0.3) is 0 Å². The van der Waals surface area contributed by atoms with Gasteiger partial charge in [0.2, 0.25) is 0 Å². The second-order valence-corrected chi connectivity index (χ2v) is 6.24. The quantitative estimate of drug-likeness (QED) is 0.627. The minimum atomic E-state index is 0.556. The summed E-state index contributed by atoms with van der Waals surface area (Å²) in [4.78, 5) is 5.13. The minimum Gasteiger partial charge on any atom is -0.346 e. The first-order chi connectivity index (χ1) is 8.09. The minimum absolute atomic E-state index is 0.556. The molecule has 1 aliphatic rings. The van der Waals surface area contributed by atoms with Gasteiger partial charge < -0.3 is 9.71 Å². The maximum absolute atomic E-state index is 2.69. The van der Waals surface area contributed by atoms with E-state index in [1.165, 1.54) is 64.8 Å². The van der Waals surface area contributed by atoms with E-state index in [4.69, 9.17) is 0 Å². The zero-order valence-electron chi connectivity index (χ0n) is 12.5. The zero-order valence-corrected chi connectivity index (χ0v) is 12.5. The lowest BCUT2D eigenvalue weighted by Crippen LogP contribution is -2.48. The number of hydrogen-bond donors (Lipinski definition) is 0. The van der Waals surface area contributed by atoms with Gasteiger partial charge in [0.15, 0.2) is 7.98 Å². The van der Waals surface area contributed by atoms with E-state index in [0.717, 1.165) is 0 Å². The van der Waals surface area contributed by atoms with E-state index in [9.17, 15) is 0 Å². The molecular formula is C14H31BN2. The maximum Gasteiger partial charge on any atom is 0.185 e. The van der Waals surface area contributed by atoms with Crippen LogP contribution in [0, 0.1) is 5.41 Å². The summed E-state index contributed by atoms with van der Waals surface area (Å²) in [5.74, 6) is 0. The molecule has 0 aromatic carbocycles. The molecule has 1 saturated heterocycles. The molecule has 17 heavy (non-hydrogen) atoms. The van der Waals surface area contributed by atoms with Gasteiger partial charge in [-0.15, -0.1) is 0 Å². The summed E-state index contributed by atoms with van der Waals surface area (Å²) in [6.07, 6.45) is 6.85. The van der Waals surface area contributed by atoms with Crippen LogP contribution in [-0.4, -0.2) is 50.4 Å². The number of hydrogen-bond acceptors (Lipinski definition) is 2. The summed E-state index contributed by atoms with van der Waals surface area (Å²) in [6.45, 7) is 13.5. The molecule has 0 saturated carbocycles. The van der Waals surface area contributed by atoms with Crippen molar-refractivity contribution in [3.8, 4) is 0 Å². The Bertz CT molecular complexity index is 202. The van der Waals surface area contributed by atoms with Crippen molar-refractivity contribution >= 4 is 7.98 Å². The lowest BCUT2D eigenvalue weighted by Gasteiger charge is -2.40. The molecule has 0 radical (unpaired) electrons. The summed E-state index contributed by atoms with van der Waals surface area (Å²) in [6, 6.07) is 0. The fourth-order valence-corrected chi connectivity index (χ4v) is 3.04. The fourth-order valence-electron chi connectivity index (χ4n) is 3.04. The van der Waals surface area contributed by atoms with Gasteiger partial charge in [0, 0.05) is 19.6 Å². The van der Waals surface area contributed by atoms with Crippen LogP contribution in [0.15, 0.2) is 0 Å². The normalized spacial score (nSPS) is 22.5. The second kappa shape index (κ2) is 7.43. The van der Waals surface area contributed by atoms with Crippen molar-refractivity contribution in [3.63, 3.8) is 0 Å². The molecule has 1 fully saturated rings. The third-order valence-corrected chi connectivity index (χ3v) is 4.19. The van der Waals surface area contributed by atoms with Crippen molar-refractivity contribution in [1.82, 2.24) is 9.71 Å². The van der Waals surface area contributed by atoms with E-state index in [-0.39, 0.29) is 0 Å². The van der Waals surface area contributed by atoms with Crippen LogP contribution in [0.3, 0.4) is 0 Å². The molecule has 1 atom stereocenters. The van der Waals surface area contributed by atoms with Crippen LogP contribution in [0.2, 0.25) is 0 Å². The maximum atomic E-state index is 2.69. The molecule has 0 amide bonds. The van der Waals surface area contributed by atoms with Gasteiger partial charge in [-0.3, -0.25) is 0 Å². The van der Waals surface area contributed by atoms with Crippen LogP contribution < -0.4 is 0 Å². The van der Waals surface area contributed by atoms with Crippen LogP contribution in [0.25, 0.3) is 0 Å². The Hall–Kier alpha value is -0.0151. The van der Waals surface area contributed by atoms with Crippen LogP contribution in [0.4, 0.5) is 0 Å². The summed E-state index contributed by atoms with van der Waals surface area (Å²) in [7, 11) is 2.24. The Morgan fingerprint density at radius 2 is 1.65 bits per heavy atom. The SMILES string of the molecule is BN1CCN(CC(C)(CCC)CCCC)CC1. The summed E-state index contributed by atoms with van der Waals surface area (Å²) in [5.41, 5.74) is 0.556. The van der Waals surface area contributed by atoms with E-state index in [1.54, 1.807) is 0 Å². The van der Waals surface area contributed by atoms with Crippen LogP contribution in [0.1, 0.15) is 52.9 Å². The number of nitrogens with zero attached hydrogens (tertiary/aromatic N) is 2. The third kappa shape index (κ3) is 5.43. The van der Waals surface area contributed by atoms with Gasteiger partial charge in [-0.25, -0.2) is 0 Å². The highest BCUT2D eigenvalue weighted by molar-refractivity contribution is 6.04. The molecule has 1 unspecified atom stereocenters. The van der Waals surface area contributed by atoms with Gasteiger partial charge in [-0.05, 0) is 31.3 Å². The Morgan fingerprint density at radius 1 is 1.00 bits per heavy atom. The van der Waals surface area contributed by atoms with E-state index in [2.05, 4.69) is 38.5 Å². The second-order valence-electron chi connectivity index (χ2n) is 6.24. The highest BCUT2D eigenvalue weighted by Gasteiger charge is 2.26. The molecule has 0 N–H and O–H groups in total. The van der Waals surface area contributed by atoms with Crippen LogP contribution >= 0.6 is 0 Å². The lowest BCUT2D eigenvalue weighted by atomic mass is 9.80. The Balaban J connectivity index is 2.41. The van der Waals surface area contributed by atoms with E-state index in [1.807, 2.05) is 0 Å². The highest BCUT2D eigenvalue weighted by Crippen LogP contribution is 2.31. The standard InChI is InChI=1S/C14H31BN2/c1-4-6-8-14(3,7-5-2)13-16-9-11-17(15)12-10-16/h4-13,15H2,1-3H3. The summed E-state index contributed by atoms with van der Waals surface area (Å²) < 4.78 is 0. The van der Waals surface area contributed by atoms with Gasteiger partial charge >= 0.3 is 0 Å². The Kier molecular flexibility index (Phi) is 6.57. The Morgan fingerprint density at radius 3 is 2.18 bits per heavy atom. The van der Waals surface area contributed by atoms with Gasteiger partial charge in [-0.2, -0.15) is 0 Å². The molecule has 0 aliphatic carbocycles. The zero-order chi connectivity index (χ0) is 12.7. The van der Waals surface area contributed by atoms with E-state index in [0.29, 0.717) is 5.41 Å². The van der Waals surface area contributed by atoms with Crippen molar-refractivity contribution in [2.45, 2.75) is 52.9 Å². The van der Waals surface area contributed by atoms with Crippen molar-refractivity contribution < 1.29 is 0 Å². The molecule has 3 heteroatoms. The molecule has 0 bridgehead atoms. The predicted octanol–water partition coefficient (Wildman–Crippen LogP) is 2.15. The molecule has 2 nitrogen and oxygen atoms in total. The predicted molar refractivity (Wildman–Crippen MR) is 79.1 cm³/mol. The summed E-state index contributed by atoms with van der Waals surface area (Å²) in [5, 5.41) is 0. The molecule has 1 aliphatic heterocycles. The average molecular weight is 238 g/mol. The molecular weight excluding hydrogens is 207 g/mol. The monoisotopic (exact) mass is 238 g/mol. The smallest absolute Gasteiger partial charge is 0.185 e. The van der Waals surface area contributed by atoms with E-state index < -0.39 is 0 Å². The van der Waals surface area contributed by atoms with Gasteiger partial charge in [0.05, 0.1) is 0 Å². The third-order valence-electron chi connectivity index (χ3n) is 4.19. The first kappa shape index (κ1) is 15.0. The van der Waals surface area contributed by atoms with Gasteiger partial charge in [-0.1, -0.05) is 40.0 Å². The van der Waals surface area contributed by atoms with Crippen molar-refractivity contribution in [2.24, 2.45) is 5.41 Å². The van der Waals surface area contributed by atoms with Crippen molar-refractivity contribution in [1.29, 1.82) is 0 Å².